The van der Waals surface area contributed by atoms with Crippen LogP contribution in [0.1, 0.15) is 17.9 Å². The molecule has 2 aliphatic heterocycles. The molecule has 0 saturated carbocycles. The van der Waals surface area contributed by atoms with Gasteiger partial charge in [0.15, 0.2) is 7.28 Å². The van der Waals surface area contributed by atoms with Gasteiger partial charge in [0.1, 0.15) is 0 Å². The lowest BCUT2D eigenvalue weighted by Gasteiger charge is -2.09. The molecule has 3 heteroatoms. The number of likely N-dealkylation sites (N-methyl/N-ethyl adjacent to an activating group) is 1. The molecule has 1 radical (unpaired) electrons. The topological polar surface area (TPSA) is 20.3 Å². The van der Waals surface area contributed by atoms with Crippen molar-refractivity contribution in [2.24, 2.45) is 0 Å². The number of amides is 1. The minimum atomic E-state index is 0.110. The second kappa shape index (κ2) is 2.63. The van der Waals surface area contributed by atoms with Crippen LogP contribution in [-0.4, -0.2) is 31.7 Å². The van der Waals surface area contributed by atoms with Crippen molar-refractivity contribution in [3.8, 4) is 0 Å². The predicted octanol–water partition coefficient (Wildman–Crippen LogP) is -0.399. The second-order valence-corrected chi connectivity index (χ2v) is 4.13. The second-order valence-electron chi connectivity index (χ2n) is 4.13. The van der Waals surface area contributed by atoms with Crippen LogP contribution in [0.15, 0.2) is 18.2 Å². The molecule has 69 valence electrons. The third-order valence-electron chi connectivity index (χ3n) is 3.17. The van der Waals surface area contributed by atoms with Gasteiger partial charge in [-0.15, -0.1) is 0 Å². The maximum Gasteiger partial charge on any atom is 0.229 e. The molecular weight excluding hydrogens is 173 g/mol. The molecule has 1 saturated heterocycles. The molecular formula is C11H11BNO. The van der Waals surface area contributed by atoms with Crippen molar-refractivity contribution in [1.29, 1.82) is 0 Å². The van der Waals surface area contributed by atoms with Gasteiger partial charge in [0.05, 0.1) is 5.92 Å². The Morgan fingerprint density at radius 2 is 2.29 bits per heavy atom. The molecule has 14 heavy (non-hydrogen) atoms. The zero-order valence-electron chi connectivity index (χ0n) is 8.16. The molecule has 1 atom stereocenters. The fourth-order valence-electron chi connectivity index (χ4n) is 2.16. The Morgan fingerprint density at radius 1 is 1.43 bits per heavy atom. The molecule has 2 aliphatic rings. The van der Waals surface area contributed by atoms with E-state index in [2.05, 4.69) is 25.5 Å². The van der Waals surface area contributed by atoms with Gasteiger partial charge in [0.2, 0.25) is 5.91 Å². The van der Waals surface area contributed by atoms with E-state index in [0.717, 1.165) is 13.0 Å². The molecule has 1 fully saturated rings. The van der Waals surface area contributed by atoms with Gasteiger partial charge in [-0.3, -0.25) is 4.79 Å². The molecule has 2 nitrogen and oxygen atoms in total. The van der Waals surface area contributed by atoms with Crippen LogP contribution in [0.4, 0.5) is 0 Å². The van der Waals surface area contributed by atoms with Gasteiger partial charge in [-0.1, -0.05) is 29.1 Å². The van der Waals surface area contributed by atoms with E-state index in [1.807, 2.05) is 11.9 Å². The van der Waals surface area contributed by atoms with Crippen LogP contribution >= 0.6 is 0 Å². The third kappa shape index (κ3) is 1.08. The summed E-state index contributed by atoms with van der Waals surface area (Å²) in [5.74, 6) is 0.380. The van der Waals surface area contributed by atoms with Crippen LogP contribution in [0.25, 0.3) is 0 Å². The first-order valence-electron chi connectivity index (χ1n) is 4.99. The minimum Gasteiger partial charge on any atom is -0.345 e. The smallest absolute Gasteiger partial charge is 0.229 e. The minimum absolute atomic E-state index is 0.110. The molecule has 0 bridgehead atoms. The summed E-state index contributed by atoms with van der Waals surface area (Å²) in [6, 6.07) is 6.34. The highest BCUT2D eigenvalue weighted by Gasteiger charge is 2.31. The van der Waals surface area contributed by atoms with E-state index >= 15 is 0 Å². The lowest BCUT2D eigenvalue weighted by Crippen LogP contribution is -2.21. The van der Waals surface area contributed by atoms with Gasteiger partial charge in [0.25, 0.3) is 0 Å². The van der Waals surface area contributed by atoms with Crippen molar-refractivity contribution >= 4 is 24.1 Å². The molecule has 0 aliphatic carbocycles. The predicted molar refractivity (Wildman–Crippen MR) is 56.5 cm³/mol. The molecule has 1 aromatic rings. The average molecular weight is 184 g/mol. The number of carbonyl (C=O) groups excluding carboxylic acids is 1. The summed E-state index contributed by atoms with van der Waals surface area (Å²) < 4.78 is 0. The van der Waals surface area contributed by atoms with Gasteiger partial charge in [0, 0.05) is 13.6 Å². The molecule has 1 aromatic carbocycles. The molecule has 0 aromatic heterocycles. The Hall–Kier alpha value is -1.25. The molecule has 1 amide bonds. The lowest BCUT2D eigenvalue weighted by atomic mass is 9.96. The lowest BCUT2D eigenvalue weighted by molar-refractivity contribution is -0.127. The molecule has 2 heterocycles. The zero-order chi connectivity index (χ0) is 9.71. The molecule has 3 rings (SSSR count). The number of nitrogens with zero attached hydrogens (tertiary/aromatic N) is 1. The van der Waals surface area contributed by atoms with Crippen LogP contribution in [0.2, 0.25) is 0 Å². The Morgan fingerprint density at radius 3 is 2.93 bits per heavy atom. The molecule has 1 unspecified atom stereocenters. The van der Waals surface area contributed by atoms with E-state index in [4.69, 9.17) is 0 Å². The highest BCUT2D eigenvalue weighted by Crippen LogP contribution is 2.27. The first kappa shape index (κ1) is 8.10. The highest BCUT2D eigenvalue weighted by molar-refractivity contribution is 6.87. The number of hydrogen-bond donors (Lipinski definition) is 0. The van der Waals surface area contributed by atoms with Gasteiger partial charge < -0.3 is 4.90 Å². The van der Waals surface area contributed by atoms with E-state index in [9.17, 15) is 4.79 Å². The highest BCUT2D eigenvalue weighted by atomic mass is 16.2. The Balaban J connectivity index is 1.93. The van der Waals surface area contributed by atoms with Crippen molar-refractivity contribution in [3.63, 3.8) is 0 Å². The fraction of sp³-hybridized carbons (Fsp3) is 0.364. The average Bonchev–Trinajstić information content (AvgIpc) is 2.88. The van der Waals surface area contributed by atoms with Gasteiger partial charge in [-0.05, 0) is 12.0 Å². The Bertz CT molecular complexity index is 416. The van der Waals surface area contributed by atoms with Crippen LogP contribution in [0.5, 0.6) is 0 Å². The van der Waals surface area contributed by atoms with Crippen LogP contribution < -0.4 is 10.9 Å². The van der Waals surface area contributed by atoms with E-state index in [-0.39, 0.29) is 11.8 Å². The normalized spacial score (nSPS) is 23.4. The number of likely N-dealkylation sites (tertiary alicyclic amines) is 1. The number of carbonyl (C=O) groups is 1. The SMILES string of the molecule is CN1CCC(c2ccc3c(c2)[B]3)C1=O. The fourth-order valence-corrected chi connectivity index (χ4v) is 2.16. The van der Waals surface area contributed by atoms with Crippen LogP contribution in [-0.2, 0) is 4.79 Å². The zero-order valence-corrected chi connectivity index (χ0v) is 8.16. The maximum absolute atomic E-state index is 11.7. The van der Waals surface area contributed by atoms with E-state index in [1.165, 1.54) is 16.5 Å². The van der Waals surface area contributed by atoms with E-state index in [1.54, 1.807) is 0 Å². The molecule has 0 N–H and O–H groups in total. The van der Waals surface area contributed by atoms with Crippen molar-refractivity contribution in [2.45, 2.75) is 12.3 Å². The van der Waals surface area contributed by atoms with E-state index < -0.39 is 0 Å². The van der Waals surface area contributed by atoms with Crippen molar-refractivity contribution in [2.75, 3.05) is 13.6 Å². The summed E-state index contributed by atoms with van der Waals surface area (Å²) in [4.78, 5) is 13.6. The Labute approximate surface area is 84.2 Å². The number of rotatable bonds is 1. The van der Waals surface area contributed by atoms with Crippen molar-refractivity contribution < 1.29 is 4.79 Å². The number of hydrogen-bond acceptors (Lipinski definition) is 1. The van der Waals surface area contributed by atoms with Crippen molar-refractivity contribution in [1.82, 2.24) is 4.90 Å². The van der Waals surface area contributed by atoms with Gasteiger partial charge in [-0.2, -0.15) is 0 Å². The summed E-state index contributed by atoms with van der Waals surface area (Å²) in [5.41, 5.74) is 3.82. The summed E-state index contributed by atoms with van der Waals surface area (Å²) >= 11 is 0. The van der Waals surface area contributed by atoms with Gasteiger partial charge >= 0.3 is 0 Å². The number of fused-ring (bicyclic) bond motifs is 1. The quantitative estimate of drug-likeness (QED) is 0.552. The summed E-state index contributed by atoms with van der Waals surface area (Å²) in [7, 11) is 4.02. The molecule has 0 spiro atoms. The standard InChI is InChI=1S/C11H11BNO/c1-13-5-4-8(11(13)14)7-2-3-9-10(6-7)12-9/h2-3,6,8H,4-5H2,1H3. The number of benzene rings is 1. The first-order valence-corrected chi connectivity index (χ1v) is 4.99. The third-order valence-corrected chi connectivity index (χ3v) is 3.17. The maximum atomic E-state index is 11.7. The summed E-state index contributed by atoms with van der Waals surface area (Å²) in [5, 5.41) is 0. The van der Waals surface area contributed by atoms with Crippen LogP contribution in [0.3, 0.4) is 0 Å². The Kier molecular flexibility index (Phi) is 1.52. The monoisotopic (exact) mass is 184 g/mol. The first-order chi connectivity index (χ1) is 6.75. The van der Waals surface area contributed by atoms with E-state index in [0.29, 0.717) is 0 Å². The van der Waals surface area contributed by atoms with Crippen LogP contribution in [0, 0.1) is 0 Å². The summed E-state index contributed by atoms with van der Waals surface area (Å²) in [6.45, 7) is 0.893. The van der Waals surface area contributed by atoms with Crippen molar-refractivity contribution in [3.05, 3.63) is 23.8 Å². The van der Waals surface area contributed by atoms with Gasteiger partial charge in [-0.25, -0.2) is 0 Å². The largest absolute Gasteiger partial charge is 0.345 e. The summed E-state index contributed by atoms with van der Waals surface area (Å²) in [6.07, 6.45) is 0.966.